The second-order valence-electron chi connectivity index (χ2n) is 3.16. The van der Waals surface area contributed by atoms with Gasteiger partial charge in [-0.3, -0.25) is 0 Å². The number of hydrogen-bond donors (Lipinski definition) is 0. The SMILES string of the molecule is CCc1ccc(Br)c2sc(C)cc12. The summed E-state index contributed by atoms with van der Waals surface area (Å²) in [6.45, 7) is 4.37. The summed E-state index contributed by atoms with van der Waals surface area (Å²) in [6.07, 6.45) is 1.11. The van der Waals surface area contributed by atoms with Crippen LogP contribution in [0.2, 0.25) is 0 Å². The van der Waals surface area contributed by atoms with Crippen molar-refractivity contribution >= 4 is 37.4 Å². The predicted octanol–water partition coefficient (Wildman–Crippen LogP) is 4.53. The fourth-order valence-electron chi connectivity index (χ4n) is 1.58. The summed E-state index contributed by atoms with van der Waals surface area (Å²) in [5.74, 6) is 0. The highest BCUT2D eigenvalue weighted by molar-refractivity contribution is 9.10. The van der Waals surface area contributed by atoms with Gasteiger partial charge in [0.25, 0.3) is 0 Å². The molecule has 0 spiro atoms. The first-order valence-corrected chi connectivity index (χ1v) is 6.01. The van der Waals surface area contributed by atoms with E-state index < -0.39 is 0 Å². The van der Waals surface area contributed by atoms with Crippen LogP contribution >= 0.6 is 27.3 Å². The molecule has 1 heterocycles. The van der Waals surface area contributed by atoms with E-state index in [1.807, 2.05) is 11.3 Å². The lowest BCUT2D eigenvalue weighted by molar-refractivity contribution is 1.16. The van der Waals surface area contributed by atoms with Crippen molar-refractivity contribution < 1.29 is 0 Å². The van der Waals surface area contributed by atoms with Gasteiger partial charge < -0.3 is 0 Å². The van der Waals surface area contributed by atoms with Gasteiger partial charge in [-0.2, -0.15) is 0 Å². The maximum atomic E-state index is 3.58. The molecule has 68 valence electrons. The van der Waals surface area contributed by atoms with E-state index in [1.165, 1.54) is 25.0 Å². The van der Waals surface area contributed by atoms with Crippen molar-refractivity contribution in [3.63, 3.8) is 0 Å². The average molecular weight is 255 g/mol. The Kier molecular flexibility index (Phi) is 2.43. The molecular weight excluding hydrogens is 244 g/mol. The molecule has 0 aliphatic rings. The highest BCUT2D eigenvalue weighted by Crippen LogP contribution is 2.34. The van der Waals surface area contributed by atoms with Gasteiger partial charge in [0.1, 0.15) is 0 Å². The van der Waals surface area contributed by atoms with E-state index in [1.54, 1.807) is 0 Å². The van der Waals surface area contributed by atoms with Crippen LogP contribution in [0, 0.1) is 6.92 Å². The normalized spacial score (nSPS) is 11.0. The van der Waals surface area contributed by atoms with Crippen molar-refractivity contribution in [3.05, 3.63) is 33.1 Å². The van der Waals surface area contributed by atoms with Crippen LogP contribution in [0.3, 0.4) is 0 Å². The van der Waals surface area contributed by atoms with Gasteiger partial charge in [0.2, 0.25) is 0 Å². The molecule has 0 nitrogen and oxygen atoms in total. The van der Waals surface area contributed by atoms with Gasteiger partial charge in [-0.25, -0.2) is 0 Å². The molecule has 0 unspecified atom stereocenters. The first kappa shape index (κ1) is 9.22. The van der Waals surface area contributed by atoms with Gasteiger partial charge in [-0.1, -0.05) is 13.0 Å². The first-order chi connectivity index (χ1) is 6.22. The Bertz CT molecular complexity index is 443. The van der Waals surface area contributed by atoms with Crippen molar-refractivity contribution in [2.24, 2.45) is 0 Å². The Morgan fingerprint density at radius 3 is 2.85 bits per heavy atom. The van der Waals surface area contributed by atoms with Crippen LogP contribution in [-0.4, -0.2) is 0 Å². The fraction of sp³-hybridized carbons (Fsp3) is 0.273. The number of halogens is 1. The maximum absolute atomic E-state index is 3.58. The van der Waals surface area contributed by atoms with Crippen molar-refractivity contribution in [1.29, 1.82) is 0 Å². The topological polar surface area (TPSA) is 0 Å². The molecule has 1 aromatic carbocycles. The van der Waals surface area contributed by atoms with E-state index >= 15 is 0 Å². The summed E-state index contributed by atoms with van der Waals surface area (Å²) < 4.78 is 2.61. The van der Waals surface area contributed by atoms with Crippen LogP contribution in [0.4, 0.5) is 0 Å². The highest BCUT2D eigenvalue weighted by Gasteiger charge is 2.05. The van der Waals surface area contributed by atoms with E-state index in [2.05, 4.69) is 48.0 Å². The quantitative estimate of drug-likeness (QED) is 0.702. The predicted molar refractivity (Wildman–Crippen MR) is 63.6 cm³/mol. The Hall–Kier alpha value is -0.340. The lowest BCUT2D eigenvalue weighted by atomic mass is 10.1. The fourth-order valence-corrected chi connectivity index (χ4v) is 3.13. The summed E-state index contributed by atoms with van der Waals surface area (Å²) >= 11 is 5.45. The summed E-state index contributed by atoms with van der Waals surface area (Å²) in [5.41, 5.74) is 1.45. The van der Waals surface area contributed by atoms with Gasteiger partial charge in [0.15, 0.2) is 0 Å². The Labute approximate surface area is 90.7 Å². The Balaban J connectivity index is 2.83. The number of thiophene rings is 1. The third-order valence-electron chi connectivity index (χ3n) is 2.23. The van der Waals surface area contributed by atoms with Crippen molar-refractivity contribution in [3.8, 4) is 0 Å². The molecule has 2 rings (SSSR count). The first-order valence-electron chi connectivity index (χ1n) is 4.40. The van der Waals surface area contributed by atoms with Gasteiger partial charge >= 0.3 is 0 Å². The third-order valence-corrected chi connectivity index (χ3v) is 4.24. The van der Waals surface area contributed by atoms with E-state index in [0.29, 0.717) is 0 Å². The molecule has 1 aromatic heterocycles. The van der Waals surface area contributed by atoms with E-state index in [4.69, 9.17) is 0 Å². The van der Waals surface area contributed by atoms with Crippen LogP contribution < -0.4 is 0 Å². The zero-order valence-electron chi connectivity index (χ0n) is 7.73. The molecule has 0 amide bonds. The molecule has 0 aliphatic heterocycles. The molecule has 0 atom stereocenters. The second kappa shape index (κ2) is 3.43. The minimum Gasteiger partial charge on any atom is -0.139 e. The minimum atomic E-state index is 1.11. The molecule has 0 saturated heterocycles. The number of hydrogen-bond acceptors (Lipinski definition) is 1. The van der Waals surface area contributed by atoms with Crippen LogP contribution in [0.5, 0.6) is 0 Å². The third kappa shape index (κ3) is 1.53. The van der Waals surface area contributed by atoms with Crippen LogP contribution in [0.15, 0.2) is 22.7 Å². The minimum absolute atomic E-state index is 1.11. The van der Waals surface area contributed by atoms with E-state index in [9.17, 15) is 0 Å². The van der Waals surface area contributed by atoms with Gasteiger partial charge in [-0.15, -0.1) is 11.3 Å². The largest absolute Gasteiger partial charge is 0.139 e. The van der Waals surface area contributed by atoms with E-state index in [-0.39, 0.29) is 0 Å². The molecule has 13 heavy (non-hydrogen) atoms. The molecule has 2 aromatic rings. The van der Waals surface area contributed by atoms with Crippen molar-refractivity contribution in [1.82, 2.24) is 0 Å². The molecule has 0 radical (unpaired) electrons. The number of benzene rings is 1. The molecular formula is C11H11BrS. The van der Waals surface area contributed by atoms with Gasteiger partial charge in [-0.05, 0) is 52.4 Å². The number of aryl methyl sites for hydroxylation is 2. The van der Waals surface area contributed by atoms with Crippen LogP contribution in [-0.2, 0) is 6.42 Å². The summed E-state index contributed by atoms with van der Waals surface area (Å²) in [5, 5.41) is 1.42. The second-order valence-corrected chi connectivity index (χ2v) is 5.27. The average Bonchev–Trinajstić information content (AvgIpc) is 2.48. The lowest BCUT2D eigenvalue weighted by Crippen LogP contribution is -1.79. The standard InChI is InChI=1S/C11H11BrS/c1-3-8-4-5-10(12)11-9(8)6-7(2)13-11/h4-6H,3H2,1-2H3. The van der Waals surface area contributed by atoms with Crippen LogP contribution in [0.1, 0.15) is 17.4 Å². The summed E-state index contributed by atoms with van der Waals surface area (Å²) in [6, 6.07) is 6.64. The van der Waals surface area contributed by atoms with Crippen molar-refractivity contribution in [2.45, 2.75) is 20.3 Å². The Morgan fingerprint density at radius 1 is 1.38 bits per heavy atom. The van der Waals surface area contributed by atoms with Gasteiger partial charge in [0, 0.05) is 14.0 Å². The smallest absolute Gasteiger partial charge is 0.0490 e. The highest BCUT2D eigenvalue weighted by atomic mass is 79.9. The lowest BCUT2D eigenvalue weighted by Gasteiger charge is -2.00. The summed E-state index contributed by atoms with van der Waals surface area (Å²) in [7, 11) is 0. The molecule has 0 bridgehead atoms. The van der Waals surface area contributed by atoms with Crippen LogP contribution in [0.25, 0.3) is 10.1 Å². The molecule has 0 N–H and O–H groups in total. The molecule has 0 saturated carbocycles. The Morgan fingerprint density at radius 2 is 2.15 bits per heavy atom. The monoisotopic (exact) mass is 254 g/mol. The maximum Gasteiger partial charge on any atom is 0.0490 e. The van der Waals surface area contributed by atoms with Crippen molar-refractivity contribution in [2.75, 3.05) is 0 Å². The molecule has 0 fully saturated rings. The molecule has 2 heteroatoms. The zero-order valence-corrected chi connectivity index (χ0v) is 10.1. The summed E-state index contributed by atoms with van der Waals surface area (Å²) in [4.78, 5) is 1.39. The molecule has 0 aliphatic carbocycles. The van der Waals surface area contributed by atoms with E-state index in [0.717, 1.165) is 6.42 Å². The zero-order chi connectivity index (χ0) is 9.42. The number of fused-ring (bicyclic) bond motifs is 1. The number of rotatable bonds is 1. The van der Waals surface area contributed by atoms with Gasteiger partial charge in [0.05, 0.1) is 0 Å².